The fraction of sp³-hybridized carbons (Fsp3) is 0.357. The maximum Gasteiger partial charge on any atom is 0.306 e. The molecular weight excluding hydrogens is 265 g/mol. The minimum Gasteiger partial charge on any atom is -0.457 e. The van der Waals surface area contributed by atoms with E-state index in [2.05, 4.69) is 5.32 Å². The molecule has 1 aromatic carbocycles. The van der Waals surface area contributed by atoms with E-state index < -0.39 is 24.2 Å². The van der Waals surface area contributed by atoms with Crippen LogP contribution in [0.2, 0.25) is 0 Å². The lowest BCUT2D eigenvalue weighted by molar-refractivity contribution is -0.142. The second-order valence-electron chi connectivity index (χ2n) is 4.21. The van der Waals surface area contributed by atoms with Crippen molar-refractivity contribution in [2.24, 2.45) is 0 Å². The van der Waals surface area contributed by atoms with E-state index in [0.29, 0.717) is 6.42 Å². The molecule has 0 aliphatic carbocycles. The Hall–Kier alpha value is -2.24. The molecule has 20 heavy (non-hydrogen) atoms. The third-order valence-corrected chi connectivity index (χ3v) is 2.41. The summed E-state index contributed by atoms with van der Waals surface area (Å²) in [7, 11) is 0. The lowest BCUT2D eigenvalue weighted by atomic mass is 10.1. The van der Waals surface area contributed by atoms with Crippen LogP contribution in [0.4, 0.5) is 10.1 Å². The van der Waals surface area contributed by atoms with Crippen molar-refractivity contribution < 1.29 is 23.5 Å². The van der Waals surface area contributed by atoms with Crippen LogP contribution in [-0.4, -0.2) is 24.3 Å². The lowest BCUT2D eigenvalue weighted by Gasteiger charge is -2.07. The van der Waals surface area contributed by atoms with Crippen LogP contribution in [0.5, 0.6) is 0 Å². The Morgan fingerprint density at radius 3 is 2.55 bits per heavy atom. The molecule has 0 unspecified atom stereocenters. The molecule has 5 nitrogen and oxygen atoms in total. The highest BCUT2D eigenvalue weighted by Crippen LogP contribution is 2.15. The summed E-state index contributed by atoms with van der Waals surface area (Å²) in [5.74, 6) is -2.22. The number of hydrogen-bond acceptors (Lipinski definition) is 4. The van der Waals surface area contributed by atoms with E-state index in [1.54, 1.807) is 0 Å². The number of esters is 1. The highest BCUT2D eigenvalue weighted by atomic mass is 19.1. The monoisotopic (exact) mass is 281 g/mol. The largest absolute Gasteiger partial charge is 0.457 e. The summed E-state index contributed by atoms with van der Waals surface area (Å²) in [5.41, 5.74) is 0.0814. The van der Waals surface area contributed by atoms with Gasteiger partial charge < -0.3 is 10.1 Å². The Labute approximate surface area is 116 Å². The lowest BCUT2D eigenvalue weighted by Crippen LogP contribution is -2.15. The molecule has 1 N–H and O–H groups in total. The molecule has 1 rings (SSSR count). The van der Waals surface area contributed by atoms with Gasteiger partial charge in [0.15, 0.2) is 6.61 Å². The third-order valence-electron chi connectivity index (χ3n) is 2.41. The van der Waals surface area contributed by atoms with E-state index >= 15 is 0 Å². The van der Waals surface area contributed by atoms with Gasteiger partial charge in [0, 0.05) is 19.0 Å². The summed E-state index contributed by atoms with van der Waals surface area (Å²) in [6.07, 6.45) is 0.837. The molecule has 0 fully saturated rings. The smallest absolute Gasteiger partial charge is 0.306 e. The van der Waals surface area contributed by atoms with Gasteiger partial charge in [0.2, 0.25) is 11.7 Å². The average Bonchev–Trinajstić information content (AvgIpc) is 2.35. The molecule has 0 aliphatic heterocycles. The van der Waals surface area contributed by atoms with Crippen LogP contribution in [0.1, 0.15) is 37.0 Å². The predicted molar refractivity (Wildman–Crippen MR) is 70.9 cm³/mol. The van der Waals surface area contributed by atoms with Crippen molar-refractivity contribution in [3.05, 3.63) is 29.6 Å². The number of nitrogens with one attached hydrogen (secondary N) is 1. The minimum atomic E-state index is -0.771. The van der Waals surface area contributed by atoms with Gasteiger partial charge >= 0.3 is 5.97 Å². The van der Waals surface area contributed by atoms with Gasteiger partial charge in [-0.1, -0.05) is 6.92 Å². The van der Waals surface area contributed by atoms with Crippen molar-refractivity contribution >= 4 is 23.3 Å². The summed E-state index contributed by atoms with van der Waals surface area (Å²) in [5, 5.41) is 2.40. The van der Waals surface area contributed by atoms with Gasteiger partial charge in [-0.2, -0.15) is 0 Å². The molecule has 0 bridgehead atoms. The number of carbonyl (C=O) groups excluding carboxylic acids is 3. The SMILES string of the molecule is CCCC(=O)OCC(=O)c1ccc(NC(C)=O)cc1F. The average molecular weight is 281 g/mol. The summed E-state index contributed by atoms with van der Waals surface area (Å²) in [4.78, 5) is 33.7. The summed E-state index contributed by atoms with van der Waals surface area (Å²) < 4.78 is 18.4. The third kappa shape index (κ3) is 4.79. The van der Waals surface area contributed by atoms with Gasteiger partial charge in [-0.15, -0.1) is 0 Å². The van der Waals surface area contributed by atoms with Gasteiger partial charge in [0.1, 0.15) is 5.82 Å². The highest BCUT2D eigenvalue weighted by Gasteiger charge is 2.14. The van der Waals surface area contributed by atoms with Crippen LogP contribution < -0.4 is 5.32 Å². The predicted octanol–water partition coefficient (Wildman–Crippen LogP) is 2.31. The van der Waals surface area contributed by atoms with Crippen LogP contribution in [0.15, 0.2) is 18.2 Å². The maximum absolute atomic E-state index is 13.7. The molecule has 0 aromatic heterocycles. The number of carbonyl (C=O) groups is 3. The number of hydrogen-bond donors (Lipinski definition) is 1. The fourth-order valence-corrected chi connectivity index (χ4v) is 1.52. The van der Waals surface area contributed by atoms with Gasteiger partial charge in [-0.25, -0.2) is 4.39 Å². The number of amides is 1. The van der Waals surface area contributed by atoms with E-state index in [9.17, 15) is 18.8 Å². The Balaban J connectivity index is 2.69. The first-order valence-corrected chi connectivity index (χ1v) is 6.20. The number of halogens is 1. The first-order chi connectivity index (χ1) is 9.43. The molecule has 108 valence electrons. The number of ether oxygens (including phenoxy) is 1. The Morgan fingerprint density at radius 2 is 2.00 bits per heavy atom. The van der Waals surface area contributed by atoms with Gasteiger partial charge in [-0.3, -0.25) is 14.4 Å². The quantitative estimate of drug-likeness (QED) is 0.641. The van der Waals surface area contributed by atoms with E-state index in [1.165, 1.54) is 19.1 Å². The molecule has 0 spiro atoms. The Bertz CT molecular complexity index is 528. The van der Waals surface area contributed by atoms with Gasteiger partial charge in [0.05, 0.1) is 5.56 Å². The zero-order valence-electron chi connectivity index (χ0n) is 11.4. The van der Waals surface area contributed by atoms with Crippen molar-refractivity contribution in [3.63, 3.8) is 0 Å². The molecule has 0 atom stereocenters. The highest BCUT2D eigenvalue weighted by molar-refractivity contribution is 5.99. The second kappa shape index (κ2) is 7.37. The topological polar surface area (TPSA) is 72.5 Å². The minimum absolute atomic E-state index is 0.177. The molecule has 1 amide bonds. The normalized spacial score (nSPS) is 9.95. The number of rotatable bonds is 6. The van der Waals surface area contributed by atoms with Gasteiger partial charge in [0.25, 0.3) is 0 Å². The second-order valence-corrected chi connectivity index (χ2v) is 4.21. The van der Waals surface area contributed by atoms with Crippen molar-refractivity contribution in [2.45, 2.75) is 26.7 Å². The van der Waals surface area contributed by atoms with Crippen LogP contribution in [0.3, 0.4) is 0 Å². The van der Waals surface area contributed by atoms with Crippen molar-refractivity contribution in [1.82, 2.24) is 0 Å². The Morgan fingerprint density at radius 1 is 1.30 bits per heavy atom. The number of anilines is 1. The number of Topliss-reactive ketones (excluding diaryl/α,β-unsaturated/α-hetero) is 1. The standard InChI is InChI=1S/C14H16FNO4/c1-3-4-14(19)20-8-13(18)11-6-5-10(7-12(11)15)16-9(2)17/h5-7H,3-4,8H2,1-2H3,(H,16,17). The molecule has 0 saturated heterocycles. The van der Waals surface area contributed by atoms with Crippen LogP contribution in [-0.2, 0) is 14.3 Å². The maximum atomic E-state index is 13.7. The van der Waals surface area contributed by atoms with Crippen molar-refractivity contribution in [3.8, 4) is 0 Å². The van der Waals surface area contributed by atoms with E-state index in [0.717, 1.165) is 6.07 Å². The summed E-state index contributed by atoms with van der Waals surface area (Å²) in [6.45, 7) is 2.61. The van der Waals surface area contributed by atoms with Crippen LogP contribution >= 0.6 is 0 Å². The molecular formula is C14H16FNO4. The first kappa shape index (κ1) is 15.8. The van der Waals surface area contributed by atoms with E-state index in [4.69, 9.17) is 4.74 Å². The van der Waals surface area contributed by atoms with Crippen LogP contribution in [0.25, 0.3) is 0 Å². The number of benzene rings is 1. The molecule has 0 heterocycles. The van der Waals surface area contributed by atoms with Crippen molar-refractivity contribution in [2.75, 3.05) is 11.9 Å². The van der Waals surface area contributed by atoms with Crippen LogP contribution in [0, 0.1) is 5.82 Å². The summed E-state index contributed by atoms with van der Waals surface area (Å²) in [6, 6.07) is 3.70. The zero-order chi connectivity index (χ0) is 15.1. The number of ketones is 1. The summed E-state index contributed by atoms with van der Waals surface area (Å²) >= 11 is 0. The molecule has 6 heteroatoms. The molecule has 0 aliphatic rings. The Kier molecular flexibility index (Phi) is 5.83. The van der Waals surface area contributed by atoms with Gasteiger partial charge in [-0.05, 0) is 24.6 Å². The molecule has 0 saturated carbocycles. The molecule has 1 aromatic rings. The first-order valence-electron chi connectivity index (χ1n) is 6.20. The molecule has 0 radical (unpaired) electrons. The van der Waals surface area contributed by atoms with E-state index in [1.807, 2.05) is 6.92 Å². The van der Waals surface area contributed by atoms with E-state index in [-0.39, 0.29) is 23.6 Å². The fourth-order valence-electron chi connectivity index (χ4n) is 1.52. The zero-order valence-corrected chi connectivity index (χ0v) is 11.4. The van der Waals surface area contributed by atoms with Crippen molar-refractivity contribution in [1.29, 1.82) is 0 Å².